The summed E-state index contributed by atoms with van der Waals surface area (Å²) in [6.45, 7) is 3.82. The molecule has 0 radical (unpaired) electrons. The molecule has 7 heteroatoms. The number of esters is 1. The van der Waals surface area contributed by atoms with Crippen LogP contribution in [-0.4, -0.2) is 30.1 Å². The van der Waals surface area contributed by atoms with Crippen LogP contribution in [0, 0.1) is 12.8 Å². The summed E-state index contributed by atoms with van der Waals surface area (Å²) in [6.07, 6.45) is 0.576. The molecule has 1 amide bonds. The molecule has 2 aromatic rings. The molecule has 0 fully saturated rings. The Morgan fingerprint density at radius 3 is 2.96 bits per heavy atom. The Morgan fingerprint density at radius 1 is 1.38 bits per heavy atom. The summed E-state index contributed by atoms with van der Waals surface area (Å²) in [5, 5.41) is 2.60. The molecule has 3 rings (SSSR count). The molecule has 24 heavy (non-hydrogen) atoms. The van der Waals surface area contributed by atoms with E-state index in [1.165, 1.54) is 0 Å². The van der Waals surface area contributed by atoms with E-state index in [0.29, 0.717) is 12.2 Å². The average Bonchev–Trinajstić information content (AvgIpc) is 2.95. The first-order chi connectivity index (χ1) is 11.6. The monoisotopic (exact) mass is 330 g/mol. The molecule has 1 aliphatic rings. The van der Waals surface area contributed by atoms with Gasteiger partial charge in [-0.2, -0.15) is 4.98 Å². The smallest absolute Gasteiger partial charge is 0.360 e. The Bertz CT molecular complexity index is 768. The quantitative estimate of drug-likeness (QED) is 0.865. The van der Waals surface area contributed by atoms with Gasteiger partial charge in [0.15, 0.2) is 5.69 Å². The van der Waals surface area contributed by atoms with E-state index in [0.717, 1.165) is 11.3 Å². The van der Waals surface area contributed by atoms with Gasteiger partial charge < -0.3 is 13.9 Å². The summed E-state index contributed by atoms with van der Waals surface area (Å²) >= 11 is 0. The van der Waals surface area contributed by atoms with Crippen molar-refractivity contribution in [1.82, 2.24) is 4.98 Å². The number of oxazole rings is 1. The predicted octanol–water partition coefficient (Wildman–Crippen LogP) is 2.35. The number of nitrogens with one attached hydrogen (secondary N) is 1. The molecular weight excluding hydrogens is 312 g/mol. The van der Waals surface area contributed by atoms with Crippen LogP contribution in [0.2, 0.25) is 0 Å². The number of carbonyl (C=O) groups is 2. The number of aryl methyl sites for hydroxylation is 1. The largest absolute Gasteiger partial charge is 0.492 e. The van der Waals surface area contributed by atoms with Gasteiger partial charge in [-0.15, -0.1) is 0 Å². The third-order valence-corrected chi connectivity index (χ3v) is 3.75. The van der Waals surface area contributed by atoms with Crippen molar-refractivity contribution < 1.29 is 23.5 Å². The Hall–Kier alpha value is -2.83. The molecule has 1 aromatic heterocycles. The highest BCUT2D eigenvalue weighted by molar-refractivity contribution is 5.93. The van der Waals surface area contributed by atoms with Gasteiger partial charge in [0.1, 0.15) is 18.1 Å². The van der Waals surface area contributed by atoms with E-state index in [2.05, 4.69) is 10.3 Å². The van der Waals surface area contributed by atoms with Gasteiger partial charge in [-0.3, -0.25) is 10.1 Å². The lowest BCUT2D eigenvalue weighted by Crippen LogP contribution is -2.32. The summed E-state index contributed by atoms with van der Waals surface area (Å²) in [5.74, 6) is -0.0828. The van der Waals surface area contributed by atoms with Crippen molar-refractivity contribution in [3.05, 3.63) is 41.3 Å². The van der Waals surface area contributed by atoms with Crippen LogP contribution < -0.4 is 10.1 Å². The summed E-state index contributed by atoms with van der Waals surface area (Å²) in [5.41, 5.74) is 1.05. The van der Waals surface area contributed by atoms with E-state index < -0.39 is 5.97 Å². The van der Waals surface area contributed by atoms with Gasteiger partial charge in [-0.1, -0.05) is 18.2 Å². The summed E-state index contributed by atoms with van der Waals surface area (Å²) < 4.78 is 15.8. The van der Waals surface area contributed by atoms with Crippen LogP contribution in [0.25, 0.3) is 0 Å². The van der Waals surface area contributed by atoms with Crippen molar-refractivity contribution in [3.63, 3.8) is 0 Å². The molecule has 0 bridgehead atoms. The molecule has 2 heterocycles. The lowest BCUT2D eigenvalue weighted by molar-refractivity contribution is -0.121. The fraction of sp³-hybridized carbons (Fsp3) is 0.353. The Labute approximate surface area is 139 Å². The molecular formula is C17H18N2O5. The third kappa shape index (κ3) is 3.24. The lowest BCUT2D eigenvalue weighted by atomic mass is 9.96. The molecule has 7 nitrogen and oxygen atoms in total. The number of para-hydroxylation sites is 1. The van der Waals surface area contributed by atoms with Crippen LogP contribution in [0.1, 0.15) is 28.7 Å². The number of hydrogen-bond donors (Lipinski definition) is 1. The number of anilines is 1. The number of ether oxygens (including phenoxy) is 2. The second-order valence-corrected chi connectivity index (χ2v) is 5.45. The van der Waals surface area contributed by atoms with Crippen molar-refractivity contribution in [3.8, 4) is 5.75 Å². The van der Waals surface area contributed by atoms with Gasteiger partial charge in [0, 0.05) is 0 Å². The number of amides is 1. The van der Waals surface area contributed by atoms with Crippen LogP contribution in [-0.2, 0) is 16.0 Å². The second-order valence-electron chi connectivity index (χ2n) is 5.45. The molecule has 0 unspecified atom stereocenters. The average molecular weight is 330 g/mol. The topological polar surface area (TPSA) is 90.7 Å². The number of aromatic nitrogens is 1. The first kappa shape index (κ1) is 16.0. The minimum Gasteiger partial charge on any atom is -0.492 e. The zero-order valence-corrected chi connectivity index (χ0v) is 13.5. The number of hydrogen-bond acceptors (Lipinski definition) is 6. The van der Waals surface area contributed by atoms with Crippen molar-refractivity contribution in [2.45, 2.75) is 20.3 Å². The van der Waals surface area contributed by atoms with Gasteiger partial charge in [0.2, 0.25) is 5.91 Å². The number of rotatable bonds is 4. The molecule has 0 saturated carbocycles. The molecule has 1 aromatic carbocycles. The van der Waals surface area contributed by atoms with E-state index in [1.807, 2.05) is 24.3 Å². The number of benzene rings is 1. The van der Waals surface area contributed by atoms with Gasteiger partial charge >= 0.3 is 12.0 Å². The standard InChI is InChI=1S/C17H18N2O5/c1-3-22-16(21)14-10(2)24-17(18-14)19-15(20)12-8-11-6-4-5-7-13(11)23-9-12/h4-7,12H,3,8-9H2,1-2H3,(H,18,19,20)/t12-/m0/s1. The molecule has 1 aliphatic heterocycles. The predicted molar refractivity (Wildman–Crippen MR) is 85.0 cm³/mol. The summed E-state index contributed by atoms with van der Waals surface area (Å²) in [6, 6.07) is 7.60. The summed E-state index contributed by atoms with van der Waals surface area (Å²) in [4.78, 5) is 28.1. The van der Waals surface area contributed by atoms with Gasteiger partial charge in [0.25, 0.3) is 0 Å². The van der Waals surface area contributed by atoms with E-state index in [9.17, 15) is 9.59 Å². The van der Waals surface area contributed by atoms with Crippen molar-refractivity contribution in [2.24, 2.45) is 5.92 Å². The highest BCUT2D eigenvalue weighted by Gasteiger charge is 2.27. The normalized spacial score (nSPS) is 16.0. The van der Waals surface area contributed by atoms with Crippen LogP contribution in [0.3, 0.4) is 0 Å². The van der Waals surface area contributed by atoms with Crippen molar-refractivity contribution >= 4 is 17.9 Å². The van der Waals surface area contributed by atoms with Gasteiger partial charge in [0.05, 0.1) is 12.5 Å². The number of fused-ring (bicyclic) bond motifs is 1. The number of carbonyl (C=O) groups excluding carboxylic acids is 2. The Morgan fingerprint density at radius 2 is 2.17 bits per heavy atom. The molecule has 1 atom stereocenters. The van der Waals surface area contributed by atoms with Crippen LogP contribution in [0.4, 0.5) is 6.01 Å². The van der Waals surface area contributed by atoms with E-state index >= 15 is 0 Å². The summed E-state index contributed by atoms with van der Waals surface area (Å²) in [7, 11) is 0. The van der Waals surface area contributed by atoms with Crippen LogP contribution >= 0.6 is 0 Å². The van der Waals surface area contributed by atoms with Crippen LogP contribution in [0.15, 0.2) is 28.7 Å². The first-order valence-electron chi connectivity index (χ1n) is 7.74. The Kier molecular flexibility index (Phi) is 4.50. The van der Waals surface area contributed by atoms with Gasteiger partial charge in [-0.05, 0) is 31.9 Å². The fourth-order valence-electron chi connectivity index (χ4n) is 2.54. The molecule has 0 saturated heterocycles. The molecule has 1 N–H and O–H groups in total. The van der Waals surface area contributed by atoms with Crippen molar-refractivity contribution in [1.29, 1.82) is 0 Å². The third-order valence-electron chi connectivity index (χ3n) is 3.75. The zero-order valence-electron chi connectivity index (χ0n) is 13.5. The van der Waals surface area contributed by atoms with Gasteiger partial charge in [-0.25, -0.2) is 4.79 Å². The van der Waals surface area contributed by atoms with Crippen molar-refractivity contribution in [2.75, 3.05) is 18.5 Å². The number of nitrogens with zero attached hydrogens (tertiary/aromatic N) is 1. The molecule has 0 aliphatic carbocycles. The van der Waals surface area contributed by atoms with E-state index in [4.69, 9.17) is 13.9 Å². The maximum atomic E-state index is 12.4. The first-order valence-corrected chi connectivity index (χ1v) is 7.74. The molecule has 126 valence electrons. The highest BCUT2D eigenvalue weighted by Crippen LogP contribution is 2.27. The maximum absolute atomic E-state index is 12.4. The zero-order chi connectivity index (χ0) is 17.1. The van der Waals surface area contributed by atoms with E-state index in [-0.39, 0.29) is 36.7 Å². The highest BCUT2D eigenvalue weighted by atomic mass is 16.5. The minimum atomic E-state index is -0.575. The fourth-order valence-corrected chi connectivity index (χ4v) is 2.54. The maximum Gasteiger partial charge on any atom is 0.360 e. The lowest BCUT2D eigenvalue weighted by Gasteiger charge is -2.23. The molecule has 0 spiro atoms. The SMILES string of the molecule is CCOC(=O)c1nc(NC(=O)[C@@H]2COc3ccccc3C2)oc1C. The Balaban J connectivity index is 1.68. The minimum absolute atomic E-state index is 0.0144. The second kappa shape index (κ2) is 6.74. The van der Waals surface area contributed by atoms with Crippen LogP contribution in [0.5, 0.6) is 5.75 Å². The van der Waals surface area contributed by atoms with E-state index in [1.54, 1.807) is 13.8 Å².